The Morgan fingerprint density at radius 2 is 1.81 bits per heavy atom. The van der Waals surface area contributed by atoms with Gasteiger partial charge in [0.1, 0.15) is 22.5 Å². The van der Waals surface area contributed by atoms with Crippen LogP contribution in [0.1, 0.15) is 22.0 Å². The van der Waals surface area contributed by atoms with Crippen LogP contribution in [0.5, 0.6) is 11.5 Å². The van der Waals surface area contributed by atoms with E-state index in [4.69, 9.17) is 18.0 Å². The molecule has 1 atom stereocenters. The van der Waals surface area contributed by atoms with E-state index in [1.165, 1.54) is 12.1 Å². The Balaban J connectivity index is 2.25. The molecule has 6 heteroatoms. The fraction of sp³-hybridized carbons (Fsp3) is 0.0667. The van der Waals surface area contributed by atoms with Crippen LogP contribution in [-0.2, 0) is 0 Å². The fourth-order valence-electron chi connectivity index (χ4n) is 1.89. The molecule has 0 saturated heterocycles. The first-order valence-electron chi connectivity index (χ1n) is 6.16. The molecule has 1 unspecified atom stereocenters. The Morgan fingerprint density at radius 1 is 1.14 bits per heavy atom. The summed E-state index contributed by atoms with van der Waals surface area (Å²) >= 11 is 4.98. The Bertz CT molecular complexity index is 674. The summed E-state index contributed by atoms with van der Waals surface area (Å²) in [7, 11) is 0. The first kappa shape index (κ1) is 14.8. The Hall–Kier alpha value is -2.60. The second-order valence-corrected chi connectivity index (χ2v) is 4.89. The lowest BCUT2D eigenvalue weighted by Crippen LogP contribution is -2.36. The van der Waals surface area contributed by atoms with Gasteiger partial charge >= 0.3 is 0 Å². The molecule has 0 aliphatic heterocycles. The molecule has 0 radical (unpaired) electrons. The number of carbonyl (C=O) groups is 1. The van der Waals surface area contributed by atoms with Crippen molar-refractivity contribution >= 4 is 23.1 Å². The van der Waals surface area contributed by atoms with Crippen molar-refractivity contribution < 1.29 is 15.0 Å². The van der Waals surface area contributed by atoms with Crippen molar-refractivity contribution in [3.63, 3.8) is 0 Å². The number of nitrogens with one attached hydrogen (secondary N) is 1. The summed E-state index contributed by atoms with van der Waals surface area (Å²) in [6, 6.07) is 12.1. The van der Waals surface area contributed by atoms with Crippen LogP contribution in [0, 0.1) is 0 Å². The Labute approximate surface area is 127 Å². The largest absolute Gasteiger partial charge is 0.508 e. The van der Waals surface area contributed by atoms with E-state index in [2.05, 4.69) is 5.32 Å². The molecule has 0 spiro atoms. The maximum Gasteiger partial charge on any atom is 0.255 e. The highest BCUT2D eigenvalue weighted by Crippen LogP contribution is 2.23. The number of hydrogen-bond donors (Lipinski definition) is 4. The molecule has 0 aliphatic carbocycles. The van der Waals surface area contributed by atoms with Gasteiger partial charge in [0.25, 0.3) is 5.91 Å². The van der Waals surface area contributed by atoms with Gasteiger partial charge in [-0.3, -0.25) is 4.79 Å². The Morgan fingerprint density at radius 3 is 2.38 bits per heavy atom. The minimum atomic E-state index is -0.637. The molecule has 108 valence electrons. The number of phenols is 2. The molecule has 0 aliphatic rings. The van der Waals surface area contributed by atoms with Crippen molar-refractivity contribution in [2.75, 3.05) is 0 Å². The highest BCUT2D eigenvalue weighted by atomic mass is 32.1. The summed E-state index contributed by atoms with van der Waals surface area (Å²) in [6.45, 7) is 0. The minimum absolute atomic E-state index is 0.0324. The summed E-state index contributed by atoms with van der Waals surface area (Å²) in [5.74, 6) is -0.977. The maximum atomic E-state index is 12.2. The molecule has 2 rings (SSSR count). The third-order valence-corrected chi connectivity index (χ3v) is 3.15. The number of thiocarbonyl (C=S) groups is 1. The van der Waals surface area contributed by atoms with Gasteiger partial charge in [-0.2, -0.15) is 0 Å². The van der Waals surface area contributed by atoms with Gasteiger partial charge in [0.15, 0.2) is 0 Å². The second kappa shape index (κ2) is 6.23. The van der Waals surface area contributed by atoms with E-state index >= 15 is 0 Å². The molecule has 2 aromatic rings. The molecule has 2 aromatic carbocycles. The molecule has 5 nitrogen and oxygen atoms in total. The molecule has 21 heavy (non-hydrogen) atoms. The molecule has 0 saturated carbocycles. The van der Waals surface area contributed by atoms with E-state index < -0.39 is 11.9 Å². The molecular formula is C15H14N2O3S. The quantitative estimate of drug-likeness (QED) is 0.647. The topological polar surface area (TPSA) is 95.6 Å². The van der Waals surface area contributed by atoms with E-state index in [1.807, 2.05) is 18.2 Å². The van der Waals surface area contributed by atoms with E-state index in [1.54, 1.807) is 12.1 Å². The van der Waals surface area contributed by atoms with Crippen LogP contribution in [0.15, 0.2) is 48.5 Å². The lowest BCUT2D eigenvalue weighted by molar-refractivity contribution is 0.0944. The summed E-state index contributed by atoms with van der Waals surface area (Å²) in [4.78, 5) is 12.3. The highest BCUT2D eigenvalue weighted by Gasteiger charge is 2.20. The Kier molecular flexibility index (Phi) is 4.39. The normalized spacial score (nSPS) is 11.6. The lowest BCUT2D eigenvalue weighted by atomic mass is 10.1. The van der Waals surface area contributed by atoms with E-state index in [0.29, 0.717) is 0 Å². The van der Waals surface area contributed by atoms with Gasteiger partial charge in [0.05, 0.1) is 5.56 Å². The predicted molar refractivity (Wildman–Crippen MR) is 83.2 cm³/mol. The van der Waals surface area contributed by atoms with Crippen LogP contribution >= 0.6 is 12.2 Å². The van der Waals surface area contributed by atoms with Crippen LogP contribution in [-0.4, -0.2) is 21.1 Å². The van der Waals surface area contributed by atoms with Crippen molar-refractivity contribution in [2.45, 2.75) is 6.04 Å². The summed E-state index contributed by atoms with van der Waals surface area (Å²) in [5.41, 5.74) is 6.45. The van der Waals surface area contributed by atoms with E-state index in [-0.39, 0.29) is 22.1 Å². The van der Waals surface area contributed by atoms with E-state index in [9.17, 15) is 15.0 Å². The number of phenolic OH excluding ortho intramolecular Hbond substituents is 2. The first-order valence-corrected chi connectivity index (χ1v) is 6.57. The molecule has 0 heterocycles. The smallest absolute Gasteiger partial charge is 0.255 e. The van der Waals surface area contributed by atoms with Crippen LogP contribution in [0.4, 0.5) is 0 Å². The van der Waals surface area contributed by atoms with Crippen LogP contribution < -0.4 is 11.1 Å². The SMILES string of the molecule is NC(=S)C(NC(=O)c1ccc(O)cc1O)c1ccccc1. The van der Waals surface area contributed by atoms with Gasteiger partial charge < -0.3 is 21.3 Å². The van der Waals surface area contributed by atoms with E-state index in [0.717, 1.165) is 11.6 Å². The third kappa shape index (κ3) is 3.49. The molecule has 0 bridgehead atoms. The fourth-order valence-corrected chi connectivity index (χ4v) is 2.08. The minimum Gasteiger partial charge on any atom is -0.508 e. The number of amides is 1. The zero-order valence-electron chi connectivity index (χ0n) is 11.0. The van der Waals surface area contributed by atoms with Crippen molar-refractivity contribution in [3.8, 4) is 11.5 Å². The number of aromatic hydroxyl groups is 2. The zero-order chi connectivity index (χ0) is 15.4. The average molecular weight is 302 g/mol. The van der Waals surface area contributed by atoms with Gasteiger partial charge in [0, 0.05) is 6.07 Å². The van der Waals surface area contributed by atoms with Crippen molar-refractivity contribution in [3.05, 3.63) is 59.7 Å². The van der Waals surface area contributed by atoms with Crippen molar-refractivity contribution in [1.29, 1.82) is 0 Å². The average Bonchev–Trinajstić information content (AvgIpc) is 2.45. The van der Waals surface area contributed by atoms with Crippen LogP contribution in [0.25, 0.3) is 0 Å². The molecule has 1 amide bonds. The summed E-state index contributed by atoms with van der Waals surface area (Å²) < 4.78 is 0. The number of benzene rings is 2. The number of hydrogen-bond acceptors (Lipinski definition) is 4. The standard InChI is InChI=1S/C15H14N2O3S/c16-14(21)13(9-4-2-1-3-5-9)17-15(20)11-7-6-10(18)8-12(11)19/h1-8,13,18-19H,(H2,16,21)(H,17,20). The summed E-state index contributed by atoms with van der Waals surface area (Å²) in [6.07, 6.45) is 0. The number of carbonyl (C=O) groups excluding carboxylic acids is 1. The molecule has 0 aromatic heterocycles. The van der Waals surface area contributed by atoms with Gasteiger partial charge in [-0.1, -0.05) is 42.5 Å². The first-order chi connectivity index (χ1) is 9.99. The lowest BCUT2D eigenvalue weighted by Gasteiger charge is -2.18. The third-order valence-electron chi connectivity index (χ3n) is 2.92. The number of nitrogens with two attached hydrogens (primary N) is 1. The maximum absolute atomic E-state index is 12.2. The van der Waals surface area contributed by atoms with Gasteiger partial charge in [-0.15, -0.1) is 0 Å². The van der Waals surface area contributed by atoms with Gasteiger partial charge in [0.2, 0.25) is 0 Å². The predicted octanol–water partition coefficient (Wildman–Crippen LogP) is 1.85. The van der Waals surface area contributed by atoms with Crippen LogP contribution in [0.2, 0.25) is 0 Å². The van der Waals surface area contributed by atoms with Crippen LogP contribution in [0.3, 0.4) is 0 Å². The van der Waals surface area contributed by atoms with Crippen molar-refractivity contribution in [1.82, 2.24) is 5.32 Å². The van der Waals surface area contributed by atoms with Gasteiger partial charge in [-0.25, -0.2) is 0 Å². The van der Waals surface area contributed by atoms with Crippen molar-refractivity contribution in [2.24, 2.45) is 5.73 Å². The number of rotatable bonds is 4. The second-order valence-electron chi connectivity index (χ2n) is 4.42. The molecule has 0 fully saturated rings. The highest BCUT2D eigenvalue weighted by molar-refractivity contribution is 7.80. The molecule has 5 N–H and O–H groups in total. The monoisotopic (exact) mass is 302 g/mol. The summed E-state index contributed by atoms with van der Waals surface area (Å²) in [5, 5.41) is 21.6. The van der Waals surface area contributed by atoms with Gasteiger partial charge in [-0.05, 0) is 17.7 Å². The molecular weight excluding hydrogens is 288 g/mol. The zero-order valence-corrected chi connectivity index (χ0v) is 11.8.